The minimum atomic E-state index is -0.0991. The number of hydrogen-bond acceptors (Lipinski definition) is 4. The van der Waals surface area contributed by atoms with Crippen molar-refractivity contribution in [2.75, 3.05) is 7.11 Å². The highest BCUT2D eigenvalue weighted by molar-refractivity contribution is 5.33. The smallest absolute Gasteiger partial charge is 0.141 e. The Balaban J connectivity index is 2.97. The van der Waals surface area contributed by atoms with Gasteiger partial charge in [-0.15, -0.1) is 12.3 Å². The number of terminal acetylenes is 1. The van der Waals surface area contributed by atoms with Crippen molar-refractivity contribution >= 4 is 0 Å². The molecule has 0 aliphatic rings. The Kier molecular flexibility index (Phi) is 3.92. The van der Waals surface area contributed by atoms with Gasteiger partial charge in [0.05, 0.1) is 19.3 Å². The zero-order chi connectivity index (χ0) is 10.4. The van der Waals surface area contributed by atoms with Crippen LogP contribution in [-0.4, -0.2) is 12.1 Å². The largest absolute Gasteiger partial charge is 0.495 e. The summed E-state index contributed by atoms with van der Waals surface area (Å²) in [5, 5.41) is 0. The summed E-state index contributed by atoms with van der Waals surface area (Å²) in [4.78, 5) is 3.95. The second kappa shape index (κ2) is 5.22. The van der Waals surface area contributed by atoms with E-state index in [0.717, 1.165) is 5.56 Å². The third kappa shape index (κ3) is 2.22. The maximum Gasteiger partial charge on any atom is 0.141 e. The Morgan fingerprint density at radius 1 is 1.79 bits per heavy atom. The van der Waals surface area contributed by atoms with E-state index in [1.165, 1.54) is 0 Å². The van der Waals surface area contributed by atoms with Crippen LogP contribution in [0.5, 0.6) is 5.75 Å². The summed E-state index contributed by atoms with van der Waals surface area (Å²) in [5.74, 6) is 8.63. The van der Waals surface area contributed by atoms with Crippen LogP contribution in [0, 0.1) is 12.3 Å². The molecule has 0 fully saturated rings. The molecule has 1 heterocycles. The molecular weight excluding hydrogens is 178 g/mol. The van der Waals surface area contributed by atoms with E-state index < -0.39 is 0 Å². The van der Waals surface area contributed by atoms with Gasteiger partial charge in [0, 0.05) is 18.2 Å². The molecule has 3 N–H and O–H groups in total. The zero-order valence-corrected chi connectivity index (χ0v) is 8.03. The van der Waals surface area contributed by atoms with Crippen LogP contribution in [0.25, 0.3) is 0 Å². The molecule has 74 valence electrons. The lowest BCUT2D eigenvalue weighted by atomic mass is 10.1. The third-order valence-electron chi connectivity index (χ3n) is 1.93. The van der Waals surface area contributed by atoms with E-state index in [-0.39, 0.29) is 6.04 Å². The zero-order valence-electron chi connectivity index (χ0n) is 8.03. The van der Waals surface area contributed by atoms with Crippen molar-refractivity contribution in [2.24, 2.45) is 5.84 Å². The molecule has 0 radical (unpaired) electrons. The molecule has 1 aromatic heterocycles. The first kappa shape index (κ1) is 10.5. The van der Waals surface area contributed by atoms with Crippen LogP contribution in [0.15, 0.2) is 18.5 Å². The molecule has 1 unspecified atom stereocenters. The van der Waals surface area contributed by atoms with E-state index in [1.807, 2.05) is 6.07 Å². The quantitative estimate of drug-likeness (QED) is 0.416. The van der Waals surface area contributed by atoms with Crippen LogP contribution < -0.4 is 16.0 Å². The summed E-state index contributed by atoms with van der Waals surface area (Å²) in [5.41, 5.74) is 3.56. The SMILES string of the molecule is C#CCC(NN)c1ccncc1OC. The third-order valence-corrected chi connectivity index (χ3v) is 1.93. The standard InChI is InChI=1S/C10H13N3O/c1-3-4-9(13-11)8-5-6-12-7-10(8)14-2/h1,5-7,9,13H,4,11H2,2H3. The van der Waals surface area contributed by atoms with Gasteiger partial charge in [0.1, 0.15) is 5.75 Å². The molecular formula is C10H13N3O. The van der Waals surface area contributed by atoms with Gasteiger partial charge in [-0.25, -0.2) is 0 Å². The van der Waals surface area contributed by atoms with Gasteiger partial charge < -0.3 is 4.74 Å². The number of hydrazine groups is 1. The normalized spacial score (nSPS) is 11.8. The van der Waals surface area contributed by atoms with Crippen LogP contribution in [0.2, 0.25) is 0 Å². The summed E-state index contributed by atoms with van der Waals surface area (Å²) >= 11 is 0. The number of pyridine rings is 1. The molecule has 1 rings (SSSR count). The summed E-state index contributed by atoms with van der Waals surface area (Å²) in [7, 11) is 1.59. The van der Waals surface area contributed by atoms with Crippen LogP contribution in [0.1, 0.15) is 18.0 Å². The number of methoxy groups -OCH3 is 1. The molecule has 0 spiro atoms. The second-order valence-electron chi connectivity index (χ2n) is 2.75. The van der Waals surface area contributed by atoms with Crippen LogP contribution in [-0.2, 0) is 0 Å². The maximum absolute atomic E-state index is 5.39. The molecule has 14 heavy (non-hydrogen) atoms. The molecule has 0 aliphatic carbocycles. The first-order valence-electron chi connectivity index (χ1n) is 4.21. The molecule has 0 saturated carbocycles. The molecule has 0 saturated heterocycles. The fraction of sp³-hybridized carbons (Fsp3) is 0.300. The lowest BCUT2D eigenvalue weighted by Crippen LogP contribution is -2.28. The minimum Gasteiger partial charge on any atom is -0.495 e. The summed E-state index contributed by atoms with van der Waals surface area (Å²) in [6, 6.07) is 1.73. The summed E-state index contributed by atoms with van der Waals surface area (Å²) < 4.78 is 5.15. The molecule has 1 aromatic rings. The van der Waals surface area contributed by atoms with Crippen molar-refractivity contribution < 1.29 is 4.74 Å². The lowest BCUT2D eigenvalue weighted by Gasteiger charge is -2.15. The number of ether oxygens (including phenoxy) is 1. The molecule has 4 nitrogen and oxygen atoms in total. The van der Waals surface area contributed by atoms with Crippen molar-refractivity contribution in [1.82, 2.24) is 10.4 Å². The monoisotopic (exact) mass is 191 g/mol. The van der Waals surface area contributed by atoms with Crippen molar-refractivity contribution in [1.29, 1.82) is 0 Å². The first-order chi connectivity index (χ1) is 6.83. The molecule has 1 atom stereocenters. The van der Waals surface area contributed by atoms with E-state index in [9.17, 15) is 0 Å². The summed E-state index contributed by atoms with van der Waals surface area (Å²) in [6.45, 7) is 0. The van der Waals surface area contributed by atoms with E-state index in [2.05, 4.69) is 16.3 Å². The number of nitrogens with zero attached hydrogens (tertiary/aromatic N) is 1. The number of nitrogens with one attached hydrogen (secondary N) is 1. The molecule has 0 aromatic carbocycles. The Morgan fingerprint density at radius 2 is 2.57 bits per heavy atom. The molecule has 0 amide bonds. The van der Waals surface area contributed by atoms with E-state index >= 15 is 0 Å². The second-order valence-corrected chi connectivity index (χ2v) is 2.75. The number of hydrogen-bond donors (Lipinski definition) is 2. The highest BCUT2D eigenvalue weighted by Gasteiger charge is 2.12. The first-order valence-corrected chi connectivity index (χ1v) is 4.21. The van der Waals surface area contributed by atoms with E-state index in [1.54, 1.807) is 19.5 Å². The Morgan fingerprint density at radius 3 is 3.14 bits per heavy atom. The molecule has 4 heteroatoms. The fourth-order valence-corrected chi connectivity index (χ4v) is 1.23. The van der Waals surface area contributed by atoms with Gasteiger partial charge in [-0.1, -0.05) is 0 Å². The van der Waals surface area contributed by atoms with Gasteiger partial charge in [-0.3, -0.25) is 16.3 Å². The average Bonchev–Trinajstić information content (AvgIpc) is 2.26. The van der Waals surface area contributed by atoms with Crippen molar-refractivity contribution in [3.63, 3.8) is 0 Å². The fourth-order valence-electron chi connectivity index (χ4n) is 1.23. The predicted octanol–water partition coefficient (Wildman–Crippen LogP) is 0.618. The molecule has 0 aliphatic heterocycles. The topological polar surface area (TPSA) is 60.2 Å². The average molecular weight is 191 g/mol. The Bertz CT molecular complexity index is 332. The van der Waals surface area contributed by atoms with Gasteiger partial charge in [-0.2, -0.15) is 0 Å². The Hall–Kier alpha value is -1.57. The van der Waals surface area contributed by atoms with Crippen molar-refractivity contribution in [3.05, 3.63) is 24.0 Å². The highest BCUT2D eigenvalue weighted by Crippen LogP contribution is 2.24. The lowest BCUT2D eigenvalue weighted by molar-refractivity contribution is 0.398. The van der Waals surface area contributed by atoms with Gasteiger partial charge >= 0.3 is 0 Å². The minimum absolute atomic E-state index is 0.0991. The number of rotatable bonds is 4. The maximum atomic E-state index is 5.39. The van der Waals surface area contributed by atoms with Gasteiger partial charge in [0.2, 0.25) is 0 Å². The number of nitrogens with two attached hydrogens (primary N) is 1. The van der Waals surface area contributed by atoms with Crippen LogP contribution in [0.3, 0.4) is 0 Å². The van der Waals surface area contributed by atoms with E-state index in [4.69, 9.17) is 17.0 Å². The van der Waals surface area contributed by atoms with Crippen molar-refractivity contribution in [3.8, 4) is 18.1 Å². The van der Waals surface area contributed by atoms with Crippen LogP contribution >= 0.6 is 0 Å². The van der Waals surface area contributed by atoms with Crippen molar-refractivity contribution in [2.45, 2.75) is 12.5 Å². The highest BCUT2D eigenvalue weighted by atomic mass is 16.5. The molecule has 0 bridgehead atoms. The predicted molar refractivity (Wildman–Crippen MR) is 54.3 cm³/mol. The number of aromatic nitrogens is 1. The summed E-state index contributed by atoms with van der Waals surface area (Å²) in [6.07, 6.45) is 9.06. The van der Waals surface area contributed by atoms with E-state index in [0.29, 0.717) is 12.2 Å². The van der Waals surface area contributed by atoms with Gasteiger partial charge in [0.15, 0.2) is 0 Å². The van der Waals surface area contributed by atoms with Gasteiger partial charge in [-0.05, 0) is 6.07 Å². The van der Waals surface area contributed by atoms with Gasteiger partial charge in [0.25, 0.3) is 0 Å². The van der Waals surface area contributed by atoms with Crippen LogP contribution in [0.4, 0.5) is 0 Å². The Labute approximate surface area is 83.4 Å².